The lowest BCUT2D eigenvalue weighted by atomic mass is 9.98. The zero-order valence-electron chi connectivity index (χ0n) is 23.4. The summed E-state index contributed by atoms with van der Waals surface area (Å²) >= 11 is 0. The Morgan fingerprint density at radius 1 is 0.762 bits per heavy atom. The number of amides is 1. The zero-order valence-corrected chi connectivity index (χ0v) is 23.4. The van der Waals surface area contributed by atoms with Crippen LogP contribution in [0.2, 0.25) is 0 Å². The molecular formula is C34H33F2N3O3. The molecule has 0 radical (unpaired) electrons. The van der Waals surface area contributed by atoms with Gasteiger partial charge < -0.3 is 25.4 Å². The summed E-state index contributed by atoms with van der Waals surface area (Å²) in [6.07, 6.45) is 1.81. The van der Waals surface area contributed by atoms with Crippen molar-refractivity contribution in [3.05, 3.63) is 102 Å². The number of halogens is 2. The van der Waals surface area contributed by atoms with E-state index in [0.29, 0.717) is 34.7 Å². The largest absolute Gasteiger partial charge is 0.488 e. The summed E-state index contributed by atoms with van der Waals surface area (Å²) < 4.78 is 40.5. The number of anilines is 1. The summed E-state index contributed by atoms with van der Waals surface area (Å²) in [5.41, 5.74) is 4.94. The number of ether oxygens (including phenoxy) is 2. The van der Waals surface area contributed by atoms with Crippen molar-refractivity contribution < 1.29 is 23.0 Å². The van der Waals surface area contributed by atoms with E-state index in [1.165, 1.54) is 6.07 Å². The van der Waals surface area contributed by atoms with Gasteiger partial charge in [-0.1, -0.05) is 30.3 Å². The number of hydrogen-bond acceptors (Lipinski definition) is 5. The Morgan fingerprint density at radius 3 is 2.12 bits per heavy atom. The van der Waals surface area contributed by atoms with Crippen LogP contribution >= 0.6 is 0 Å². The first-order chi connectivity index (χ1) is 20.4. The number of rotatable bonds is 8. The minimum absolute atomic E-state index is 0.0469. The van der Waals surface area contributed by atoms with E-state index < -0.39 is 11.6 Å². The lowest BCUT2D eigenvalue weighted by molar-refractivity contribution is 0.102. The second-order valence-electron chi connectivity index (χ2n) is 10.8. The lowest BCUT2D eigenvalue weighted by Crippen LogP contribution is -2.20. The number of aryl methyl sites for hydroxylation is 1. The molecule has 0 saturated carbocycles. The molecule has 0 aromatic heterocycles. The predicted molar refractivity (Wildman–Crippen MR) is 160 cm³/mol. The van der Waals surface area contributed by atoms with Crippen molar-refractivity contribution in [2.24, 2.45) is 0 Å². The number of carbonyl (C=O) groups excluding carboxylic acids is 1. The van der Waals surface area contributed by atoms with Crippen LogP contribution in [0.3, 0.4) is 0 Å². The Kier molecular flexibility index (Phi) is 8.17. The van der Waals surface area contributed by atoms with Crippen LogP contribution in [0.1, 0.15) is 28.8 Å². The molecule has 42 heavy (non-hydrogen) atoms. The highest BCUT2D eigenvalue weighted by Crippen LogP contribution is 2.37. The van der Waals surface area contributed by atoms with Gasteiger partial charge >= 0.3 is 0 Å². The molecule has 1 amide bonds. The molecule has 2 unspecified atom stereocenters. The minimum Gasteiger partial charge on any atom is -0.488 e. The number of nitrogens with one attached hydrogen (secondary N) is 3. The maximum atomic E-state index is 14.2. The summed E-state index contributed by atoms with van der Waals surface area (Å²) in [5.74, 6) is -0.959. The second kappa shape index (κ2) is 12.3. The maximum absolute atomic E-state index is 14.2. The predicted octanol–water partition coefficient (Wildman–Crippen LogP) is 6.34. The van der Waals surface area contributed by atoms with Gasteiger partial charge in [-0.25, -0.2) is 8.78 Å². The van der Waals surface area contributed by atoms with Gasteiger partial charge in [0.2, 0.25) is 0 Å². The molecule has 2 heterocycles. The van der Waals surface area contributed by atoms with Crippen molar-refractivity contribution in [2.45, 2.75) is 32.0 Å². The molecule has 2 saturated heterocycles. The molecule has 4 aromatic carbocycles. The van der Waals surface area contributed by atoms with Gasteiger partial charge in [-0.2, -0.15) is 0 Å². The van der Waals surface area contributed by atoms with Crippen LogP contribution in [0.25, 0.3) is 22.3 Å². The molecule has 6 nitrogen and oxygen atoms in total. The SMILES string of the molecule is Cc1ccccc1-c1cc(NC(=O)c2ccc(OC3CCNC3)c(-c3ccc(F)c(F)c3)c2)ccc1OC1CCNC1. The van der Waals surface area contributed by atoms with Crippen molar-refractivity contribution in [1.29, 1.82) is 0 Å². The number of carbonyl (C=O) groups is 1. The molecular weight excluding hydrogens is 536 g/mol. The molecule has 0 aliphatic carbocycles. The van der Waals surface area contributed by atoms with Crippen LogP contribution in [-0.4, -0.2) is 44.3 Å². The van der Waals surface area contributed by atoms with Gasteiger partial charge in [0.15, 0.2) is 11.6 Å². The van der Waals surface area contributed by atoms with Crippen molar-refractivity contribution in [1.82, 2.24) is 10.6 Å². The van der Waals surface area contributed by atoms with E-state index in [0.717, 1.165) is 67.0 Å². The highest BCUT2D eigenvalue weighted by atomic mass is 19.2. The van der Waals surface area contributed by atoms with Crippen LogP contribution in [0.4, 0.5) is 14.5 Å². The minimum atomic E-state index is -0.963. The quantitative estimate of drug-likeness (QED) is 0.231. The molecule has 3 N–H and O–H groups in total. The Bertz CT molecular complexity index is 1600. The van der Waals surface area contributed by atoms with E-state index in [1.807, 2.05) is 49.4 Å². The fourth-order valence-electron chi connectivity index (χ4n) is 5.48. The summed E-state index contributed by atoms with van der Waals surface area (Å²) in [4.78, 5) is 13.5. The normalized spacial score (nSPS) is 18.2. The van der Waals surface area contributed by atoms with Crippen molar-refractivity contribution >= 4 is 11.6 Å². The van der Waals surface area contributed by atoms with E-state index in [2.05, 4.69) is 16.0 Å². The molecule has 2 atom stereocenters. The third kappa shape index (κ3) is 6.15. The molecule has 8 heteroatoms. The van der Waals surface area contributed by atoms with Crippen LogP contribution < -0.4 is 25.4 Å². The summed E-state index contributed by atoms with van der Waals surface area (Å²) in [5, 5.41) is 9.60. The van der Waals surface area contributed by atoms with Gasteiger partial charge in [-0.05, 0) is 98.1 Å². The Hall–Kier alpha value is -4.27. The van der Waals surface area contributed by atoms with Gasteiger partial charge in [0.1, 0.15) is 23.7 Å². The maximum Gasteiger partial charge on any atom is 0.255 e. The first-order valence-corrected chi connectivity index (χ1v) is 14.3. The molecule has 216 valence electrons. The fourth-order valence-corrected chi connectivity index (χ4v) is 5.48. The first-order valence-electron chi connectivity index (χ1n) is 14.3. The molecule has 2 aliphatic rings. The van der Waals surface area contributed by atoms with Crippen molar-refractivity contribution in [2.75, 3.05) is 31.5 Å². The fraction of sp³-hybridized carbons (Fsp3) is 0.265. The molecule has 4 aromatic rings. The molecule has 2 aliphatic heterocycles. The van der Waals surface area contributed by atoms with Crippen LogP contribution in [0, 0.1) is 18.6 Å². The summed E-state index contributed by atoms with van der Waals surface area (Å²) in [7, 11) is 0. The van der Waals surface area contributed by atoms with Crippen LogP contribution in [-0.2, 0) is 0 Å². The average molecular weight is 570 g/mol. The Balaban J connectivity index is 1.31. The second-order valence-corrected chi connectivity index (χ2v) is 10.8. The number of benzene rings is 4. The molecule has 2 fully saturated rings. The Morgan fingerprint density at radius 2 is 1.45 bits per heavy atom. The van der Waals surface area contributed by atoms with Crippen molar-refractivity contribution in [3.8, 4) is 33.8 Å². The van der Waals surface area contributed by atoms with Gasteiger partial charge in [0.05, 0.1) is 0 Å². The first kappa shape index (κ1) is 27.9. The molecule has 6 rings (SSSR count). The average Bonchev–Trinajstić information content (AvgIpc) is 3.71. The number of hydrogen-bond donors (Lipinski definition) is 3. The van der Waals surface area contributed by atoms with E-state index in [1.54, 1.807) is 18.2 Å². The monoisotopic (exact) mass is 569 g/mol. The van der Waals surface area contributed by atoms with E-state index >= 15 is 0 Å². The summed E-state index contributed by atoms with van der Waals surface area (Å²) in [6, 6.07) is 22.5. The third-order valence-electron chi connectivity index (χ3n) is 7.76. The van der Waals surface area contributed by atoms with Gasteiger partial charge in [0.25, 0.3) is 5.91 Å². The van der Waals surface area contributed by atoms with Gasteiger partial charge in [0, 0.05) is 35.5 Å². The topological polar surface area (TPSA) is 71.6 Å². The van der Waals surface area contributed by atoms with Gasteiger partial charge in [-0.3, -0.25) is 4.79 Å². The molecule has 0 spiro atoms. The van der Waals surface area contributed by atoms with Crippen LogP contribution in [0.5, 0.6) is 11.5 Å². The van der Waals surface area contributed by atoms with E-state index in [-0.39, 0.29) is 18.1 Å². The highest BCUT2D eigenvalue weighted by Gasteiger charge is 2.22. The lowest BCUT2D eigenvalue weighted by Gasteiger charge is -2.19. The highest BCUT2D eigenvalue weighted by molar-refractivity contribution is 6.05. The standard InChI is InChI=1S/C34H33F2N3O3/c1-21-4-2-3-5-27(21)29-18-24(8-11-33(29)42-26-13-15-38-20-26)39-34(40)23-7-10-32(41-25-12-14-37-19-25)28(16-23)22-6-9-30(35)31(36)17-22/h2-11,16-18,25-26,37-38H,12-15,19-20H2,1H3,(H,39,40). The van der Waals surface area contributed by atoms with E-state index in [4.69, 9.17) is 9.47 Å². The zero-order chi connectivity index (χ0) is 29.1. The Labute approximate surface area is 244 Å². The van der Waals surface area contributed by atoms with Gasteiger partial charge in [-0.15, -0.1) is 0 Å². The molecule has 0 bridgehead atoms. The van der Waals surface area contributed by atoms with E-state index in [9.17, 15) is 13.6 Å². The summed E-state index contributed by atoms with van der Waals surface area (Å²) in [6.45, 7) is 5.30. The van der Waals surface area contributed by atoms with Crippen LogP contribution in [0.15, 0.2) is 78.9 Å². The smallest absolute Gasteiger partial charge is 0.255 e. The van der Waals surface area contributed by atoms with Crippen molar-refractivity contribution in [3.63, 3.8) is 0 Å². The third-order valence-corrected chi connectivity index (χ3v) is 7.76.